The molecular weight excluding hydrogens is 256 g/mol. The Morgan fingerprint density at radius 2 is 2.00 bits per heavy atom. The zero-order valence-corrected chi connectivity index (χ0v) is 12.8. The van der Waals surface area contributed by atoms with Gasteiger partial charge in [-0.2, -0.15) is 0 Å². The van der Waals surface area contributed by atoms with Crippen molar-refractivity contribution in [3.05, 3.63) is 0 Å². The summed E-state index contributed by atoms with van der Waals surface area (Å²) in [7, 11) is 0. The summed E-state index contributed by atoms with van der Waals surface area (Å²) in [6, 6.07) is -0.365. The van der Waals surface area contributed by atoms with Gasteiger partial charge in [-0.15, -0.1) is 0 Å². The molecule has 0 bridgehead atoms. The van der Waals surface area contributed by atoms with Crippen LogP contribution in [-0.4, -0.2) is 48.1 Å². The molecule has 2 saturated heterocycles. The molecule has 0 radical (unpaired) electrons. The molecule has 2 amide bonds. The maximum Gasteiger partial charge on any atom is 0.246 e. The zero-order chi connectivity index (χ0) is 14.8. The summed E-state index contributed by atoms with van der Waals surface area (Å²) in [6.45, 7) is 8.02. The first-order valence-corrected chi connectivity index (χ1v) is 7.79. The summed E-state index contributed by atoms with van der Waals surface area (Å²) in [5, 5.41) is 2.90. The molecule has 0 aliphatic carbocycles. The molecule has 2 rings (SSSR count). The number of hydrogen-bond donors (Lipinski definition) is 1. The molecule has 0 saturated carbocycles. The van der Waals surface area contributed by atoms with Crippen LogP contribution in [0, 0.1) is 5.92 Å². The Hall–Kier alpha value is -1.10. The Morgan fingerprint density at radius 3 is 2.50 bits per heavy atom. The van der Waals surface area contributed by atoms with Gasteiger partial charge >= 0.3 is 0 Å². The van der Waals surface area contributed by atoms with Gasteiger partial charge in [0.1, 0.15) is 11.6 Å². The van der Waals surface area contributed by atoms with Crippen LogP contribution in [-0.2, 0) is 14.3 Å². The summed E-state index contributed by atoms with van der Waals surface area (Å²) in [5.41, 5.74) is -0.675. The van der Waals surface area contributed by atoms with E-state index >= 15 is 0 Å². The first-order valence-electron chi connectivity index (χ1n) is 7.79. The Balaban J connectivity index is 2.26. The third kappa shape index (κ3) is 2.43. The van der Waals surface area contributed by atoms with Crippen LogP contribution in [0.25, 0.3) is 0 Å². The van der Waals surface area contributed by atoms with Crippen LogP contribution in [0.5, 0.6) is 0 Å². The number of amides is 2. The Kier molecular flexibility index (Phi) is 4.68. The highest BCUT2D eigenvalue weighted by Crippen LogP contribution is 2.31. The monoisotopic (exact) mass is 282 g/mol. The van der Waals surface area contributed by atoms with Crippen molar-refractivity contribution in [2.24, 2.45) is 5.92 Å². The minimum absolute atomic E-state index is 0.00728. The van der Waals surface area contributed by atoms with Gasteiger partial charge in [-0.25, -0.2) is 0 Å². The molecule has 2 unspecified atom stereocenters. The number of carbonyl (C=O) groups excluding carboxylic acids is 2. The molecule has 5 heteroatoms. The highest BCUT2D eigenvalue weighted by molar-refractivity contribution is 5.99. The molecule has 2 aliphatic rings. The number of rotatable bonds is 5. The van der Waals surface area contributed by atoms with Crippen molar-refractivity contribution in [2.45, 2.75) is 58.0 Å². The number of carbonyl (C=O) groups is 2. The molecule has 2 atom stereocenters. The van der Waals surface area contributed by atoms with Crippen LogP contribution >= 0.6 is 0 Å². The molecule has 2 heterocycles. The average molecular weight is 282 g/mol. The second-order valence-electron chi connectivity index (χ2n) is 5.85. The van der Waals surface area contributed by atoms with Crippen LogP contribution in [0.15, 0.2) is 0 Å². The van der Waals surface area contributed by atoms with Gasteiger partial charge in [0.2, 0.25) is 11.8 Å². The van der Waals surface area contributed by atoms with Crippen molar-refractivity contribution in [3.8, 4) is 0 Å². The molecule has 0 spiro atoms. The normalized spacial score (nSPS) is 29.6. The highest BCUT2D eigenvalue weighted by Gasteiger charge is 2.50. The first kappa shape index (κ1) is 15.3. The number of ether oxygens (including phenoxy) is 1. The smallest absolute Gasteiger partial charge is 0.246 e. The van der Waals surface area contributed by atoms with Crippen molar-refractivity contribution < 1.29 is 14.3 Å². The van der Waals surface area contributed by atoms with Crippen molar-refractivity contribution >= 4 is 11.8 Å². The van der Waals surface area contributed by atoms with Crippen LogP contribution in [0.2, 0.25) is 0 Å². The lowest BCUT2D eigenvalue weighted by molar-refractivity contribution is -0.159. The lowest BCUT2D eigenvalue weighted by Gasteiger charge is -2.48. The molecular formula is C15H26N2O3. The molecule has 2 fully saturated rings. The minimum Gasteiger partial charge on any atom is -0.381 e. The van der Waals surface area contributed by atoms with Gasteiger partial charge in [-0.1, -0.05) is 20.8 Å². The van der Waals surface area contributed by atoms with Crippen molar-refractivity contribution in [1.29, 1.82) is 0 Å². The molecule has 0 aromatic carbocycles. The van der Waals surface area contributed by atoms with Gasteiger partial charge in [-0.05, 0) is 25.7 Å². The van der Waals surface area contributed by atoms with E-state index in [9.17, 15) is 9.59 Å². The van der Waals surface area contributed by atoms with Crippen LogP contribution in [0.1, 0.15) is 46.5 Å². The standard InChI is InChI=1S/C15H26N2O3/c1-4-12-13(18)17(9-11-7-8-20-10-11)15(5-2,6-3)14(19)16-12/h11-12H,4-10H2,1-3H3,(H,16,19). The van der Waals surface area contributed by atoms with E-state index in [4.69, 9.17) is 4.74 Å². The van der Waals surface area contributed by atoms with Gasteiger partial charge in [0.05, 0.1) is 6.61 Å². The Morgan fingerprint density at radius 1 is 1.30 bits per heavy atom. The molecule has 0 aromatic heterocycles. The molecule has 2 aliphatic heterocycles. The number of piperazine rings is 1. The second-order valence-corrected chi connectivity index (χ2v) is 5.85. The van der Waals surface area contributed by atoms with E-state index in [1.54, 1.807) is 0 Å². The fourth-order valence-electron chi connectivity index (χ4n) is 3.36. The summed E-state index contributed by atoms with van der Waals surface area (Å²) in [4.78, 5) is 27.1. The first-order chi connectivity index (χ1) is 9.58. The summed E-state index contributed by atoms with van der Waals surface area (Å²) < 4.78 is 5.41. The predicted molar refractivity (Wildman–Crippen MR) is 76.2 cm³/mol. The lowest BCUT2D eigenvalue weighted by Crippen LogP contribution is -2.70. The van der Waals surface area contributed by atoms with E-state index in [0.717, 1.165) is 13.0 Å². The molecule has 20 heavy (non-hydrogen) atoms. The molecule has 5 nitrogen and oxygen atoms in total. The topological polar surface area (TPSA) is 58.6 Å². The van der Waals surface area contributed by atoms with Crippen LogP contribution in [0.4, 0.5) is 0 Å². The summed E-state index contributed by atoms with van der Waals surface area (Å²) in [5.74, 6) is 0.440. The molecule has 1 N–H and O–H groups in total. The van der Waals surface area contributed by atoms with Gasteiger partial charge in [0, 0.05) is 19.1 Å². The predicted octanol–water partition coefficient (Wildman–Crippen LogP) is 1.32. The number of nitrogens with zero attached hydrogens (tertiary/aromatic N) is 1. The van der Waals surface area contributed by atoms with E-state index in [1.165, 1.54) is 0 Å². The van der Waals surface area contributed by atoms with Crippen molar-refractivity contribution in [3.63, 3.8) is 0 Å². The second kappa shape index (κ2) is 6.12. The average Bonchev–Trinajstić information content (AvgIpc) is 2.96. The Labute approximate surface area is 121 Å². The van der Waals surface area contributed by atoms with Crippen molar-refractivity contribution in [1.82, 2.24) is 10.2 Å². The highest BCUT2D eigenvalue weighted by atomic mass is 16.5. The quantitative estimate of drug-likeness (QED) is 0.827. The number of hydrogen-bond acceptors (Lipinski definition) is 3. The van der Waals surface area contributed by atoms with E-state index in [0.29, 0.717) is 38.3 Å². The number of nitrogens with one attached hydrogen (secondary N) is 1. The van der Waals surface area contributed by atoms with E-state index in [-0.39, 0.29) is 17.9 Å². The third-order valence-corrected chi connectivity index (χ3v) is 4.85. The van der Waals surface area contributed by atoms with E-state index in [2.05, 4.69) is 5.32 Å². The lowest BCUT2D eigenvalue weighted by atomic mass is 9.84. The van der Waals surface area contributed by atoms with Crippen LogP contribution in [0.3, 0.4) is 0 Å². The van der Waals surface area contributed by atoms with Crippen LogP contribution < -0.4 is 5.32 Å². The van der Waals surface area contributed by atoms with E-state index < -0.39 is 5.54 Å². The van der Waals surface area contributed by atoms with E-state index in [1.807, 2.05) is 25.7 Å². The van der Waals surface area contributed by atoms with Gasteiger partial charge < -0.3 is 15.0 Å². The maximum absolute atomic E-state index is 12.7. The molecule has 0 aromatic rings. The Bertz CT molecular complexity index is 373. The molecule has 114 valence electrons. The minimum atomic E-state index is -0.675. The SMILES string of the molecule is CCC1NC(=O)C(CC)(CC)N(CC2CCOC2)C1=O. The van der Waals surface area contributed by atoms with Crippen molar-refractivity contribution in [2.75, 3.05) is 19.8 Å². The largest absolute Gasteiger partial charge is 0.381 e. The third-order valence-electron chi connectivity index (χ3n) is 4.85. The fraction of sp³-hybridized carbons (Fsp3) is 0.867. The summed E-state index contributed by atoms with van der Waals surface area (Å²) >= 11 is 0. The van der Waals surface area contributed by atoms with Gasteiger partial charge in [0.25, 0.3) is 0 Å². The van der Waals surface area contributed by atoms with Gasteiger partial charge in [0.15, 0.2) is 0 Å². The summed E-state index contributed by atoms with van der Waals surface area (Å²) in [6.07, 6.45) is 2.94. The van der Waals surface area contributed by atoms with Gasteiger partial charge in [-0.3, -0.25) is 9.59 Å². The zero-order valence-electron chi connectivity index (χ0n) is 12.8. The maximum atomic E-state index is 12.7. The fourth-order valence-corrected chi connectivity index (χ4v) is 3.36.